The van der Waals surface area contributed by atoms with Crippen molar-refractivity contribution in [2.24, 2.45) is 11.3 Å². The molecule has 3 heteroatoms. The van der Waals surface area contributed by atoms with Crippen molar-refractivity contribution < 1.29 is 14.3 Å². The van der Waals surface area contributed by atoms with Crippen LogP contribution in [0.3, 0.4) is 0 Å². The third kappa shape index (κ3) is 2.74. The number of ether oxygens (including phenoxy) is 1. The topological polar surface area (TPSA) is 43.4 Å². The highest BCUT2D eigenvalue weighted by atomic mass is 16.5. The molecule has 0 radical (unpaired) electrons. The van der Waals surface area contributed by atoms with Gasteiger partial charge in [0.15, 0.2) is 0 Å². The van der Waals surface area contributed by atoms with E-state index in [9.17, 15) is 9.59 Å². The van der Waals surface area contributed by atoms with E-state index >= 15 is 0 Å². The summed E-state index contributed by atoms with van der Waals surface area (Å²) in [5, 5.41) is 0. The van der Waals surface area contributed by atoms with Gasteiger partial charge in [0.05, 0.1) is 13.0 Å². The smallest absolute Gasteiger partial charge is 0.147 e. The summed E-state index contributed by atoms with van der Waals surface area (Å²) in [4.78, 5) is 23.8. The summed E-state index contributed by atoms with van der Waals surface area (Å²) in [5.74, 6) is 1.62. The second kappa shape index (κ2) is 5.28. The van der Waals surface area contributed by atoms with Crippen LogP contribution in [0.2, 0.25) is 0 Å². The first kappa shape index (κ1) is 14.3. The monoisotopic (exact) mass is 286 g/mol. The number of fused-ring (bicyclic) bond motifs is 1. The van der Waals surface area contributed by atoms with Gasteiger partial charge in [-0.1, -0.05) is 19.9 Å². The molecule has 1 saturated carbocycles. The van der Waals surface area contributed by atoms with Crippen LogP contribution in [0.15, 0.2) is 18.2 Å². The van der Waals surface area contributed by atoms with Crippen LogP contribution in [0.25, 0.3) is 0 Å². The highest BCUT2D eigenvalue weighted by Gasteiger charge is 2.46. The fourth-order valence-electron chi connectivity index (χ4n) is 3.43. The van der Waals surface area contributed by atoms with E-state index in [-0.39, 0.29) is 23.4 Å². The molecule has 0 saturated heterocycles. The lowest BCUT2D eigenvalue weighted by atomic mass is 9.70. The van der Waals surface area contributed by atoms with E-state index in [0.717, 1.165) is 18.6 Å². The summed E-state index contributed by atoms with van der Waals surface area (Å²) >= 11 is 0. The number of ketones is 2. The molecule has 2 aliphatic rings. The van der Waals surface area contributed by atoms with E-state index in [2.05, 4.69) is 26.0 Å². The minimum Gasteiger partial charge on any atom is -0.493 e. The average molecular weight is 286 g/mol. The first-order chi connectivity index (χ1) is 9.98. The maximum absolute atomic E-state index is 12.3. The minimum absolute atomic E-state index is 0.0996. The zero-order chi connectivity index (χ0) is 15.0. The van der Waals surface area contributed by atoms with Gasteiger partial charge in [0.1, 0.15) is 17.3 Å². The molecule has 21 heavy (non-hydrogen) atoms. The van der Waals surface area contributed by atoms with Crippen LogP contribution in [0, 0.1) is 11.3 Å². The largest absolute Gasteiger partial charge is 0.493 e. The maximum Gasteiger partial charge on any atom is 0.147 e. The lowest BCUT2D eigenvalue weighted by Gasteiger charge is -2.30. The van der Waals surface area contributed by atoms with Crippen LogP contribution in [0.1, 0.15) is 44.2 Å². The normalized spacial score (nSPS) is 24.7. The number of hydrogen-bond donors (Lipinski definition) is 0. The Morgan fingerprint density at radius 1 is 1.19 bits per heavy atom. The second-order valence-electron chi connectivity index (χ2n) is 6.91. The summed E-state index contributed by atoms with van der Waals surface area (Å²) in [7, 11) is 0. The molecule has 2 aliphatic carbocycles. The third-order valence-electron chi connectivity index (χ3n) is 4.65. The Morgan fingerprint density at radius 3 is 2.67 bits per heavy atom. The summed E-state index contributed by atoms with van der Waals surface area (Å²) in [5.41, 5.74) is 2.15. The van der Waals surface area contributed by atoms with Crippen LogP contribution >= 0.6 is 0 Å². The predicted octanol–water partition coefficient (Wildman–Crippen LogP) is 3.13. The Balaban J connectivity index is 1.78. The molecule has 3 nitrogen and oxygen atoms in total. The van der Waals surface area contributed by atoms with Gasteiger partial charge in [0.25, 0.3) is 0 Å². The summed E-state index contributed by atoms with van der Waals surface area (Å²) in [6, 6.07) is 6.16. The summed E-state index contributed by atoms with van der Waals surface area (Å²) in [6.45, 7) is 4.96. The SMILES string of the molecule is CC(C)COc1ccc2c(c1)CC1(CCC(=O)CC1=O)C2. The van der Waals surface area contributed by atoms with Crippen LogP contribution in [-0.4, -0.2) is 18.2 Å². The van der Waals surface area contributed by atoms with Gasteiger partial charge in [-0.05, 0) is 48.4 Å². The van der Waals surface area contributed by atoms with Gasteiger partial charge in [0.2, 0.25) is 0 Å². The maximum atomic E-state index is 12.3. The van der Waals surface area contributed by atoms with Gasteiger partial charge in [-0.2, -0.15) is 0 Å². The third-order valence-corrected chi connectivity index (χ3v) is 4.65. The van der Waals surface area contributed by atoms with Gasteiger partial charge in [-0.25, -0.2) is 0 Å². The molecule has 0 aromatic heterocycles. The Morgan fingerprint density at radius 2 is 1.95 bits per heavy atom. The van der Waals surface area contributed by atoms with E-state index in [4.69, 9.17) is 4.74 Å². The van der Waals surface area contributed by atoms with E-state index in [0.29, 0.717) is 25.4 Å². The van der Waals surface area contributed by atoms with E-state index in [1.54, 1.807) is 0 Å². The van der Waals surface area contributed by atoms with Crippen molar-refractivity contribution in [3.05, 3.63) is 29.3 Å². The van der Waals surface area contributed by atoms with Crippen molar-refractivity contribution >= 4 is 11.6 Å². The van der Waals surface area contributed by atoms with E-state index < -0.39 is 0 Å². The first-order valence-corrected chi connectivity index (χ1v) is 7.78. The standard InChI is InChI=1S/C18H22O3/c1-12(2)11-21-16-4-3-13-9-18(10-14(13)7-16)6-5-15(19)8-17(18)20/h3-4,7,12H,5-6,8-11H2,1-2H3. The van der Waals surface area contributed by atoms with Crippen molar-refractivity contribution in [3.8, 4) is 5.75 Å². The lowest BCUT2D eigenvalue weighted by molar-refractivity contribution is -0.137. The Labute approximate surface area is 125 Å². The quantitative estimate of drug-likeness (QED) is 0.802. The molecular weight excluding hydrogens is 264 g/mol. The molecule has 0 heterocycles. The van der Waals surface area contributed by atoms with Gasteiger partial charge in [0, 0.05) is 11.8 Å². The predicted molar refractivity (Wildman–Crippen MR) is 80.5 cm³/mol. The molecule has 112 valence electrons. The van der Waals surface area contributed by atoms with Crippen molar-refractivity contribution in [1.82, 2.24) is 0 Å². The summed E-state index contributed by atoms with van der Waals surface area (Å²) in [6.07, 6.45) is 2.95. The van der Waals surface area contributed by atoms with Crippen molar-refractivity contribution in [3.63, 3.8) is 0 Å². The average Bonchev–Trinajstić information content (AvgIpc) is 2.80. The number of carbonyl (C=O) groups is 2. The number of carbonyl (C=O) groups excluding carboxylic acids is 2. The molecule has 1 aromatic rings. The molecule has 3 rings (SSSR count). The lowest BCUT2D eigenvalue weighted by Crippen LogP contribution is -2.38. The van der Waals surface area contributed by atoms with Gasteiger partial charge in [-0.3, -0.25) is 9.59 Å². The second-order valence-corrected chi connectivity index (χ2v) is 6.91. The van der Waals surface area contributed by atoms with Gasteiger partial charge in [-0.15, -0.1) is 0 Å². The fourth-order valence-corrected chi connectivity index (χ4v) is 3.43. The molecule has 1 fully saturated rings. The zero-order valence-electron chi connectivity index (χ0n) is 12.8. The summed E-state index contributed by atoms with van der Waals surface area (Å²) < 4.78 is 5.77. The molecular formula is C18H22O3. The van der Waals surface area contributed by atoms with E-state index in [1.807, 2.05) is 6.07 Å². The number of benzene rings is 1. The molecule has 0 aliphatic heterocycles. The minimum atomic E-state index is -0.313. The van der Waals surface area contributed by atoms with Gasteiger partial charge >= 0.3 is 0 Å². The van der Waals surface area contributed by atoms with Crippen molar-refractivity contribution in [2.75, 3.05) is 6.61 Å². The molecule has 1 unspecified atom stereocenters. The van der Waals surface area contributed by atoms with Crippen LogP contribution in [-0.2, 0) is 22.4 Å². The van der Waals surface area contributed by atoms with Crippen LogP contribution in [0.5, 0.6) is 5.75 Å². The Hall–Kier alpha value is -1.64. The van der Waals surface area contributed by atoms with Gasteiger partial charge < -0.3 is 4.74 Å². The molecule has 0 bridgehead atoms. The number of rotatable bonds is 3. The van der Waals surface area contributed by atoms with Crippen LogP contribution in [0.4, 0.5) is 0 Å². The Bertz CT molecular complexity index is 588. The molecule has 0 N–H and O–H groups in total. The number of Topliss-reactive ketones (excluding diaryl/α,β-unsaturated/α-hetero) is 2. The fraction of sp³-hybridized carbons (Fsp3) is 0.556. The Kier molecular flexibility index (Phi) is 3.60. The molecule has 0 amide bonds. The van der Waals surface area contributed by atoms with E-state index in [1.165, 1.54) is 11.1 Å². The van der Waals surface area contributed by atoms with Crippen molar-refractivity contribution in [1.29, 1.82) is 0 Å². The number of hydrogen-bond acceptors (Lipinski definition) is 3. The first-order valence-electron chi connectivity index (χ1n) is 7.78. The molecule has 1 aromatic carbocycles. The molecule has 1 atom stereocenters. The molecule has 1 spiro atoms. The van der Waals surface area contributed by atoms with Crippen LogP contribution < -0.4 is 4.74 Å². The highest BCUT2D eigenvalue weighted by Crippen LogP contribution is 2.45. The zero-order valence-corrected chi connectivity index (χ0v) is 12.8. The highest BCUT2D eigenvalue weighted by molar-refractivity contribution is 6.04. The van der Waals surface area contributed by atoms with Crippen molar-refractivity contribution in [2.45, 2.75) is 46.0 Å².